The van der Waals surface area contributed by atoms with Gasteiger partial charge in [-0.15, -0.1) is 0 Å². The maximum atomic E-state index is 12.8. The Bertz CT molecular complexity index is 1130. The Labute approximate surface area is 212 Å². The molecule has 1 aliphatic carbocycles. The van der Waals surface area contributed by atoms with Crippen LogP contribution in [0, 0.1) is 23.2 Å². The van der Waals surface area contributed by atoms with Crippen LogP contribution in [0.1, 0.15) is 60.1 Å². The first-order valence-corrected chi connectivity index (χ1v) is 11.9. The van der Waals surface area contributed by atoms with Crippen molar-refractivity contribution in [1.29, 1.82) is 5.26 Å². The first-order valence-electron chi connectivity index (χ1n) is 11.5. The average molecular weight is 521 g/mol. The van der Waals surface area contributed by atoms with E-state index in [1.165, 1.54) is 37.6 Å². The molecule has 1 amide bonds. The van der Waals surface area contributed by atoms with Crippen LogP contribution in [0.15, 0.2) is 30.5 Å². The summed E-state index contributed by atoms with van der Waals surface area (Å²) >= 11 is 6.34. The molecule has 192 valence electrons. The number of benzene rings is 1. The van der Waals surface area contributed by atoms with E-state index in [0.29, 0.717) is 12.1 Å². The predicted molar refractivity (Wildman–Crippen MR) is 129 cm³/mol. The van der Waals surface area contributed by atoms with E-state index in [1.54, 1.807) is 6.92 Å². The molecule has 8 nitrogen and oxygen atoms in total. The predicted octanol–water partition coefficient (Wildman–Crippen LogP) is 5.09. The van der Waals surface area contributed by atoms with Gasteiger partial charge in [-0.1, -0.05) is 11.6 Å². The number of nitrogens with zero attached hydrogens (tertiary/aromatic N) is 2. The summed E-state index contributed by atoms with van der Waals surface area (Å²) in [7, 11) is 1.39. The molecule has 1 unspecified atom stereocenters. The number of esters is 1. The topological polar surface area (TPSA) is 113 Å². The van der Waals surface area contributed by atoms with Crippen molar-refractivity contribution in [1.82, 2.24) is 10.3 Å². The molecule has 0 radical (unpaired) electrons. The van der Waals surface area contributed by atoms with E-state index in [9.17, 15) is 18.4 Å². The number of rotatable bonds is 9. The number of nitrogens with one attached hydrogen (secondary N) is 2. The number of pyridine rings is 1. The van der Waals surface area contributed by atoms with Crippen LogP contribution >= 0.6 is 11.6 Å². The van der Waals surface area contributed by atoms with E-state index in [4.69, 9.17) is 21.6 Å². The van der Waals surface area contributed by atoms with Gasteiger partial charge in [-0.25, -0.2) is 4.98 Å². The van der Waals surface area contributed by atoms with Crippen molar-refractivity contribution in [3.8, 4) is 11.8 Å². The molecule has 1 saturated carbocycles. The lowest BCUT2D eigenvalue weighted by molar-refractivity contribution is -0.146. The summed E-state index contributed by atoms with van der Waals surface area (Å²) in [5, 5.41) is 15.2. The first kappa shape index (κ1) is 27.1. The third-order valence-corrected chi connectivity index (χ3v) is 6.50. The number of aromatic nitrogens is 1. The van der Waals surface area contributed by atoms with Gasteiger partial charge in [-0.2, -0.15) is 14.0 Å². The van der Waals surface area contributed by atoms with Crippen molar-refractivity contribution in [2.45, 2.75) is 45.3 Å². The fourth-order valence-electron chi connectivity index (χ4n) is 4.22. The second-order valence-corrected chi connectivity index (χ2v) is 9.02. The molecular formula is C25H27ClF2N4O4. The zero-order valence-electron chi connectivity index (χ0n) is 19.9. The molecule has 2 aromatic rings. The lowest BCUT2D eigenvalue weighted by Crippen LogP contribution is -2.32. The van der Waals surface area contributed by atoms with Crippen LogP contribution in [-0.4, -0.2) is 37.1 Å². The molecule has 1 aromatic heterocycles. The Morgan fingerprint density at radius 3 is 2.58 bits per heavy atom. The maximum Gasteiger partial charge on any atom is 0.387 e. The summed E-state index contributed by atoms with van der Waals surface area (Å²) in [6.07, 6.45) is 4.49. The van der Waals surface area contributed by atoms with Gasteiger partial charge in [0.05, 0.1) is 41.3 Å². The number of hydrogen-bond acceptors (Lipinski definition) is 7. The Balaban J connectivity index is 1.61. The lowest BCUT2D eigenvalue weighted by atomic mass is 9.82. The van der Waals surface area contributed by atoms with E-state index in [-0.39, 0.29) is 51.4 Å². The quantitative estimate of drug-likeness (QED) is 0.443. The zero-order valence-corrected chi connectivity index (χ0v) is 20.6. The number of carbonyl (C=O) groups excluding carboxylic acids is 2. The van der Waals surface area contributed by atoms with Crippen molar-refractivity contribution in [2.24, 2.45) is 11.8 Å². The summed E-state index contributed by atoms with van der Waals surface area (Å²) in [4.78, 5) is 28.5. The van der Waals surface area contributed by atoms with E-state index in [0.717, 1.165) is 25.7 Å². The number of carbonyl (C=O) groups is 2. The summed E-state index contributed by atoms with van der Waals surface area (Å²) < 4.78 is 35.0. The molecule has 1 atom stereocenters. The van der Waals surface area contributed by atoms with Crippen LogP contribution in [-0.2, 0) is 9.53 Å². The molecular weight excluding hydrogens is 494 g/mol. The fourth-order valence-corrected chi connectivity index (χ4v) is 4.44. The van der Waals surface area contributed by atoms with Gasteiger partial charge in [-0.05, 0) is 62.8 Å². The lowest BCUT2D eigenvalue weighted by Gasteiger charge is -2.27. The third kappa shape index (κ3) is 7.04. The summed E-state index contributed by atoms with van der Waals surface area (Å²) in [5.41, 5.74) is 0.885. The molecule has 0 aliphatic heterocycles. The van der Waals surface area contributed by atoms with Crippen LogP contribution in [0.25, 0.3) is 0 Å². The number of amides is 1. The normalized spacial score (nSPS) is 18.1. The monoisotopic (exact) mass is 520 g/mol. The van der Waals surface area contributed by atoms with Gasteiger partial charge < -0.3 is 20.1 Å². The molecule has 11 heteroatoms. The Morgan fingerprint density at radius 1 is 1.25 bits per heavy atom. The SMILES string of the molecule is COC(=O)[C@H]1CC[C@H](CNC(=O)c2cnc(NC(C)c3cc(C#N)ccc3OC(F)F)c(Cl)c2)CC1. The highest BCUT2D eigenvalue weighted by atomic mass is 35.5. The highest BCUT2D eigenvalue weighted by Gasteiger charge is 2.27. The second-order valence-electron chi connectivity index (χ2n) is 8.61. The fraction of sp³-hybridized carbons (Fsp3) is 0.440. The first-order chi connectivity index (χ1) is 17.2. The molecule has 1 fully saturated rings. The van der Waals surface area contributed by atoms with Crippen LogP contribution in [0.2, 0.25) is 5.02 Å². The van der Waals surface area contributed by atoms with Crippen molar-refractivity contribution in [2.75, 3.05) is 19.0 Å². The maximum absolute atomic E-state index is 12.8. The molecule has 0 bridgehead atoms. The van der Waals surface area contributed by atoms with Gasteiger partial charge in [0.25, 0.3) is 5.91 Å². The van der Waals surface area contributed by atoms with Crippen molar-refractivity contribution in [3.63, 3.8) is 0 Å². The second kappa shape index (κ2) is 12.5. The number of ether oxygens (including phenoxy) is 2. The summed E-state index contributed by atoms with van der Waals surface area (Å²) in [6, 6.07) is 6.99. The third-order valence-electron chi connectivity index (χ3n) is 6.21. The van der Waals surface area contributed by atoms with Crippen molar-refractivity contribution in [3.05, 3.63) is 52.2 Å². The molecule has 1 heterocycles. The molecule has 2 N–H and O–H groups in total. The van der Waals surface area contributed by atoms with Gasteiger partial charge in [0.1, 0.15) is 11.6 Å². The Morgan fingerprint density at radius 2 is 1.97 bits per heavy atom. The van der Waals surface area contributed by atoms with Crippen LogP contribution < -0.4 is 15.4 Å². The van der Waals surface area contributed by atoms with Gasteiger partial charge in [0, 0.05) is 18.3 Å². The smallest absolute Gasteiger partial charge is 0.387 e. The van der Waals surface area contributed by atoms with Crippen molar-refractivity contribution < 1.29 is 27.8 Å². The molecule has 0 saturated heterocycles. The van der Waals surface area contributed by atoms with Gasteiger partial charge in [-0.3, -0.25) is 9.59 Å². The van der Waals surface area contributed by atoms with E-state index in [2.05, 4.69) is 20.4 Å². The van der Waals surface area contributed by atoms with Gasteiger partial charge in [0.15, 0.2) is 0 Å². The molecule has 0 spiro atoms. The average Bonchev–Trinajstić information content (AvgIpc) is 2.88. The zero-order chi connectivity index (χ0) is 26.2. The number of alkyl halides is 2. The van der Waals surface area contributed by atoms with Gasteiger partial charge >= 0.3 is 12.6 Å². The summed E-state index contributed by atoms with van der Waals surface area (Å²) in [5.74, 6) is -0.143. The number of halogens is 3. The minimum Gasteiger partial charge on any atom is -0.469 e. The number of hydrogen-bond donors (Lipinski definition) is 2. The highest BCUT2D eigenvalue weighted by Crippen LogP contribution is 2.32. The Kier molecular flexibility index (Phi) is 9.42. The van der Waals surface area contributed by atoms with Crippen LogP contribution in [0.5, 0.6) is 5.75 Å². The summed E-state index contributed by atoms with van der Waals surface area (Å²) in [6.45, 7) is -0.863. The molecule has 1 aromatic carbocycles. The number of methoxy groups -OCH3 is 1. The number of nitriles is 1. The highest BCUT2D eigenvalue weighted by molar-refractivity contribution is 6.33. The van der Waals surface area contributed by atoms with E-state index in [1.807, 2.05) is 6.07 Å². The minimum atomic E-state index is -3.02. The Hall–Kier alpha value is -3.45. The van der Waals surface area contributed by atoms with Gasteiger partial charge in [0.2, 0.25) is 0 Å². The molecule has 3 rings (SSSR count). The largest absolute Gasteiger partial charge is 0.469 e. The van der Waals surface area contributed by atoms with Crippen LogP contribution in [0.3, 0.4) is 0 Å². The van der Waals surface area contributed by atoms with Crippen LogP contribution in [0.4, 0.5) is 14.6 Å². The molecule has 36 heavy (non-hydrogen) atoms. The van der Waals surface area contributed by atoms with E-state index < -0.39 is 12.7 Å². The van der Waals surface area contributed by atoms with E-state index >= 15 is 0 Å². The minimum absolute atomic E-state index is 0.0725. The number of anilines is 1. The molecule has 1 aliphatic rings. The standard InChI is InChI=1S/C25H27ClF2N4O4/c1-14(19-9-16(11-29)5-8-21(19)36-25(27)28)32-22-20(26)10-18(13-30-22)23(33)31-12-15-3-6-17(7-4-15)24(34)35-2/h5,8-10,13-15,17,25H,3-4,6-7,12H2,1-2H3,(H,30,32)(H,31,33)/t14?,15-,17-. The van der Waals surface area contributed by atoms with Crippen molar-refractivity contribution >= 4 is 29.3 Å².